The maximum absolute atomic E-state index is 12.2. The van der Waals surface area contributed by atoms with Crippen LogP contribution in [0, 0.1) is 5.92 Å². The van der Waals surface area contributed by atoms with Gasteiger partial charge in [0, 0.05) is 30.4 Å². The Morgan fingerprint density at radius 3 is 2.61 bits per heavy atom. The van der Waals surface area contributed by atoms with E-state index < -0.39 is 0 Å². The Bertz CT molecular complexity index is 695. The number of benzene rings is 1. The molecule has 0 radical (unpaired) electrons. The molecule has 0 spiro atoms. The van der Waals surface area contributed by atoms with Crippen LogP contribution < -0.4 is 10.6 Å². The highest BCUT2D eigenvalue weighted by Gasteiger charge is 2.22. The summed E-state index contributed by atoms with van der Waals surface area (Å²) in [5.74, 6) is 0.538. The molecule has 28 heavy (non-hydrogen) atoms. The molecule has 0 saturated heterocycles. The quantitative estimate of drug-likeness (QED) is 0.538. The molecule has 2 amide bonds. The molecule has 4 heteroatoms. The van der Waals surface area contributed by atoms with Crippen molar-refractivity contribution >= 4 is 11.7 Å². The summed E-state index contributed by atoms with van der Waals surface area (Å²) in [6, 6.07) is 8.47. The minimum Gasteiger partial charge on any atom is -0.338 e. The monoisotopic (exact) mass is 381 g/mol. The number of carbonyl (C=O) groups is 1. The van der Waals surface area contributed by atoms with Gasteiger partial charge in [0.25, 0.3) is 0 Å². The maximum atomic E-state index is 12.2. The van der Waals surface area contributed by atoms with Crippen molar-refractivity contribution in [2.24, 2.45) is 10.9 Å². The zero-order valence-corrected chi connectivity index (χ0v) is 17.6. The second-order valence-electron chi connectivity index (χ2n) is 7.84. The number of nitrogens with one attached hydrogen (secondary N) is 2. The van der Waals surface area contributed by atoms with Gasteiger partial charge in [-0.25, -0.2) is 4.79 Å². The molecule has 2 N–H and O–H groups in total. The number of urea groups is 1. The molecule has 0 fully saturated rings. The van der Waals surface area contributed by atoms with Crippen LogP contribution in [-0.4, -0.2) is 24.3 Å². The van der Waals surface area contributed by atoms with Crippen LogP contribution in [0.1, 0.15) is 57.6 Å². The molecule has 0 saturated carbocycles. The second-order valence-corrected chi connectivity index (χ2v) is 7.84. The largest absolute Gasteiger partial charge is 0.338 e. The molecule has 4 nitrogen and oxygen atoms in total. The smallest absolute Gasteiger partial charge is 0.315 e. The first-order valence-electron chi connectivity index (χ1n) is 10.5. The first-order chi connectivity index (χ1) is 13.5. The lowest BCUT2D eigenvalue weighted by Crippen LogP contribution is -2.43. The minimum atomic E-state index is -0.104. The highest BCUT2D eigenvalue weighted by atomic mass is 16.2. The summed E-state index contributed by atoms with van der Waals surface area (Å²) in [4.78, 5) is 16.8. The second kappa shape index (κ2) is 11.5. The van der Waals surface area contributed by atoms with E-state index in [0.29, 0.717) is 18.9 Å². The van der Waals surface area contributed by atoms with Crippen molar-refractivity contribution in [2.75, 3.05) is 6.54 Å². The van der Waals surface area contributed by atoms with Crippen LogP contribution in [0.25, 0.3) is 0 Å². The molecule has 1 atom stereocenters. The molecule has 0 aromatic heterocycles. The molecule has 1 aromatic carbocycles. The van der Waals surface area contributed by atoms with Crippen LogP contribution in [0.4, 0.5) is 4.79 Å². The van der Waals surface area contributed by atoms with Crippen LogP contribution in [-0.2, 0) is 12.8 Å². The van der Waals surface area contributed by atoms with Crippen LogP contribution in [0.15, 0.2) is 53.7 Å². The van der Waals surface area contributed by atoms with Gasteiger partial charge in [-0.1, -0.05) is 63.6 Å². The number of amides is 2. The van der Waals surface area contributed by atoms with Gasteiger partial charge in [-0.2, -0.15) is 0 Å². The summed E-state index contributed by atoms with van der Waals surface area (Å²) in [6.07, 6.45) is 10.5. The van der Waals surface area contributed by atoms with Gasteiger partial charge in [-0.05, 0) is 49.3 Å². The van der Waals surface area contributed by atoms with E-state index in [-0.39, 0.29) is 12.1 Å². The average Bonchev–Trinajstić information content (AvgIpc) is 3.05. The topological polar surface area (TPSA) is 53.5 Å². The van der Waals surface area contributed by atoms with E-state index in [2.05, 4.69) is 72.5 Å². The van der Waals surface area contributed by atoms with E-state index in [9.17, 15) is 4.79 Å². The van der Waals surface area contributed by atoms with E-state index in [4.69, 9.17) is 0 Å². The molecule has 0 bridgehead atoms. The van der Waals surface area contributed by atoms with Crippen molar-refractivity contribution in [3.63, 3.8) is 0 Å². The van der Waals surface area contributed by atoms with Crippen molar-refractivity contribution in [3.05, 3.63) is 59.8 Å². The van der Waals surface area contributed by atoms with Gasteiger partial charge in [0.05, 0.1) is 0 Å². The third-order valence-corrected chi connectivity index (χ3v) is 5.02. The van der Waals surface area contributed by atoms with Crippen LogP contribution in [0.2, 0.25) is 0 Å². The summed E-state index contributed by atoms with van der Waals surface area (Å²) < 4.78 is 0. The van der Waals surface area contributed by atoms with Crippen molar-refractivity contribution < 1.29 is 4.79 Å². The van der Waals surface area contributed by atoms with Gasteiger partial charge in [0.15, 0.2) is 0 Å². The predicted molar refractivity (Wildman–Crippen MR) is 119 cm³/mol. The number of hydrogen-bond acceptors (Lipinski definition) is 2. The number of hydrogen-bond donors (Lipinski definition) is 2. The van der Waals surface area contributed by atoms with E-state index >= 15 is 0 Å². The summed E-state index contributed by atoms with van der Waals surface area (Å²) in [5.41, 5.74) is 4.43. The highest BCUT2D eigenvalue weighted by Crippen LogP contribution is 2.21. The summed E-state index contributed by atoms with van der Waals surface area (Å²) in [6.45, 7) is 10.8. The normalized spacial score (nSPS) is 15.5. The SMILES string of the molecule is C=C(C)N=C(/C=C\C(C)CCCC)CCNC(=O)NC1Cc2ccccc2C1. The van der Waals surface area contributed by atoms with Crippen molar-refractivity contribution in [3.8, 4) is 0 Å². The Morgan fingerprint density at radius 2 is 2.00 bits per heavy atom. The van der Waals surface area contributed by atoms with Crippen LogP contribution in [0.3, 0.4) is 0 Å². The standard InChI is InChI=1S/C24H35N3O/c1-5-6-9-19(4)12-13-22(26-18(2)3)14-15-25-24(28)27-23-16-20-10-7-8-11-21(20)17-23/h7-8,10-13,19,23H,2,5-6,9,14-17H2,1,3-4H3,(H2,25,27,28)/b13-12-,26-22?. The van der Waals surface area contributed by atoms with E-state index in [1.54, 1.807) is 0 Å². The van der Waals surface area contributed by atoms with Gasteiger partial charge < -0.3 is 10.6 Å². The summed E-state index contributed by atoms with van der Waals surface area (Å²) in [7, 11) is 0. The van der Waals surface area contributed by atoms with Crippen LogP contribution in [0.5, 0.6) is 0 Å². The maximum Gasteiger partial charge on any atom is 0.315 e. The predicted octanol–water partition coefficient (Wildman–Crippen LogP) is 5.20. The molecule has 1 aliphatic carbocycles. The van der Waals surface area contributed by atoms with Crippen molar-refractivity contribution in [1.29, 1.82) is 0 Å². The molecule has 1 unspecified atom stereocenters. The molecule has 1 aromatic rings. The zero-order valence-electron chi connectivity index (χ0n) is 17.6. The molecule has 1 aliphatic rings. The third kappa shape index (κ3) is 7.71. The fraction of sp³-hybridized carbons (Fsp3) is 0.500. The number of unbranched alkanes of at least 4 members (excludes halogenated alkanes) is 1. The zero-order chi connectivity index (χ0) is 20.4. The van der Waals surface area contributed by atoms with Crippen molar-refractivity contribution in [2.45, 2.75) is 65.3 Å². The lowest BCUT2D eigenvalue weighted by atomic mass is 10.0. The first kappa shape index (κ1) is 21.9. The minimum absolute atomic E-state index is 0.104. The van der Waals surface area contributed by atoms with Gasteiger partial charge >= 0.3 is 6.03 Å². The molecular weight excluding hydrogens is 346 g/mol. The molecular formula is C24H35N3O. The third-order valence-electron chi connectivity index (χ3n) is 5.02. The molecule has 0 aliphatic heterocycles. The average molecular weight is 382 g/mol. The molecule has 2 rings (SSSR count). The van der Waals surface area contributed by atoms with E-state index in [1.807, 2.05) is 6.92 Å². The van der Waals surface area contributed by atoms with Crippen LogP contribution >= 0.6 is 0 Å². The Hall–Kier alpha value is -2.36. The summed E-state index contributed by atoms with van der Waals surface area (Å²) in [5, 5.41) is 6.06. The van der Waals surface area contributed by atoms with Gasteiger partial charge in [0.2, 0.25) is 0 Å². The summed E-state index contributed by atoms with van der Waals surface area (Å²) >= 11 is 0. The fourth-order valence-corrected chi connectivity index (χ4v) is 3.52. The number of carbonyl (C=O) groups excluding carboxylic acids is 1. The Kier molecular flexibility index (Phi) is 8.99. The number of nitrogens with zero attached hydrogens (tertiary/aromatic N) is 1. The van der Waals surface area contributed by atoms with E-state index in [1.165, 1.54) is 30.4 Å². The Labute approximate surface area is 170 Å². The number of aliphatic imine (C=N–C) groups is 1. The highest BCUT2D eigenvalue weighted by molar-refractivity contribution is 5.96. The first-order valence-corrected chi connectivity index (χ1v) is 10.5. The van der Waals surface area contributed by atoms with Gasteiger partial charge in [-0.3, -0.25) is 4.99 Å². The van der Waals surface area contributed by atoms with E-state index in [0.717, 1.165) is 24.3 Å². The Morgan fingerprint density at radius 1 is 1.32 bits per heavy atom. The Balaban J connectivity index is 1.76. The lowest BCUT2D eigenvalue weighted by molar-refractivity contribution is 0.237. The van der Waals surface area contributed by atoms with Crippen molar-refractivity contribution in [1.82, 2.24) is 10.6 Å². The molecule has 0 heterocycles. The number of fused-ring (bicyclic) bond motifs is 1. The van der Waals surface area contributed by atoms with Gasteiger partial charge in [-0.15, -0.1) is 0 Å². The number of allylic oxidation sites excluding steroid dienone is 3. The van der Waals surface area contributed by atoms with Gasteiger partial charge in [0.1, 0.15) is 0 Å². The lowest BCUT2D eigenvalue weighted by Gasteiger charge is -2.13. The fourth-order valence-electron chi connectivity index (χ4n) is 3.52. The molecule has 152 valence electrons. The number of rotatable bonds is 10.